The number of hydrogen-bond acceptors (Lipinski definition) is 4. The zero-order valence-electron chi connectivity index (χ0n) is 12.0. The van der Waals surface area contributed by atoms with Crippen molar-refractivity contribution < 1.29 is 9.47 Å². The second-order valence-electron chi connectivity index (χ2n) is 5.18. The molecule has 0 aromatic heterocycles. The van der Waals surface area contributed by atoms with E-state index in [9.17, 15) is 0 Å². The van der Waals surface area contributed by atoms with Crippen LogP contribution in [0.3, 0.4) is 0 Å². The van der Waals surface area contributed by atoms with Gasteiger partial charge in [-0.25, -0.2) is 0 Å². The van der Waals surface area contributed by atoms with Gasteiger partial charge in [0.05, 0.1) is 17.9 Å². The van der Waals surface area contributed by atoms with Crippen molar-refractivity contribution in [3.05, 3.63) is 18.2 Å². The molecule has 0 fully saturated rings. The average Bonchev–Trinajstić information content (AvgIpc) is 2.31. The van der Waals surface area contributed by atoms with E-state index in [0.717, 1.165) is 17.9 Å². The van der Waals surface area contributed by atoms with Crippen LogP contribution in [0.2, 0.25) is 0 Å². The predicted molar refractivity (Wildman–Crippen MR) is 76.4 cm³/mol. The maximum atomic E-state index is 5.90. The van der Waals surface area contributed by atoms with Gasteiger partial charge in [0.25, 0.3) is 0 Å². The van der Waals surface area contributed by atoms with Crippen LogP contribution in [0.1, 0.15) is 20.3 Å². The number of hydrogen-bond donors (Lipinski definition) is 1. The molecule has 0 amide bonds. The number of nitrogens with two attached hydrogens (primary N) is 1. The summed E-state index contributed by atoms with van der Waals surface area (Å²) in [4.78, 5) is 2.02. The van der Waals surface area contributed by atoms with Gasteiger partial charge in [-0.15, -0.1) is 0 Å². The molecule has 0 aliphatic heterocycles. The van der Waals surface area contributed by atoms with Crippen molar-refractivity contribution in [2.75, 3.05) is 38.4 Å². The lowest BCUT2D eigenvalue weighted by Crippen LogP contribution is -2.25. The van der Waals surface area contributed by atoms with Gasteiger partial charge in [-0.05, 0) is 26.0 Å². The molecule has 0 heterocycles. The first kappa shape index (κ1) is 14.6. The standard InChI is InChI=1S/C14H24N2O2/c1-14(2,17-5)8-9-18-13-10-11(16(3)4)6-7-12(13)15/h6-7,10H,8-9,15H2,1-5H3. The molecular formula is C14H24N2O2. The Labute approximate surface area is 110 Å². The Kier molecular flexibility index (Phi) is 4.84. The molecule has 0 spiro atoms. The average molecular weight is 252 g/mol. The maximum absolute atomic E-state index is 5.90. The van der Waals surface area contributed by atoms with E-state index in [1.807, 2.05) is 51.0 Å². The Morgan fingerprint density at radius 2 is 1.94 bits per heavy atom. The highest BCUT2D eigenvalue weighted by atomic mass is 16.5. The number of nitrogens with zero attached hydrogens (tertiary/aromatic N) is 1. The molecule has 2 N–H and O–H groups in total. The fraction of sp³-hybridized carbons (Fsp3) is 0.571. The molecule has 18 heavy (non-hydrogen) atoms. The van der Waals surface area contributed by atoms with Crippen LogP contribution < -0.4 is 15.4 Å². The summed E-state index contributed by atoms with van der Waals surface area (Å²) in [6, 6.07) is 5.79. The van der Waals surface area contributed by atoms with Gasteiger partial charge in [-0.2, -0.15) is 0 Å². The second kappa shape index (κ2) is 5.96. The third-order valence-corrected chi connectivity index (χ3v) is 3.03. The van der Waals surface area contributed by atoms with Gasteiger partial charge in [0.2, 0.25) is 0 Å². The Hall–Kier alpha value is -1.42. The highest BCUT2D eigenvalue weighted by Gasteiger charge is 2.16. The van der Waals surface area contributed by atoms with Crippen LogP contribution in [-0.4, -0.2) is 33.4 Å². The van der Waals surface area contributed by atoms with Crippen molar-refractivity contribution in [2.45, 2.75) is 25.9 Å². The molecular weight excluding hydrogens is 228 g/mol. The first-order valence-electron chi connectivity index (χ1n) is 6.10. The van der Waals surface area contributed by atoms with E-state index < -0.39 is 0 Å². The van der Waals surface area contributed by atoms with E-state index in [0.29, 0.717) is 12.3 Å². The molecule has 1 aromatic rings. The molecule has 0 atom stereocenters. The van der Waals surface area contributed by atoms with Crippen molar-refractivity contribution in [3.63, 3.8) is 0 Å². The molecule has 1 aromatic carbocycles. The van der Waals surface area contributed by atoms with E-state index in [1.54, 1.807) is 7.11 Å². The SMILES string of the molecule is COC(C)(C)CCOc1cc(N(C)C)ccc1N. The quantitative estimate of drug-likeness (QED) is 0.790. The molecule has 102 valence electrons. The minimum atomic E-state index is -0.173. The van der Waals surface area contributed by atoms with E-state index in [4.69, 9.17) is 15.2 Å². The number of methoxy groups -OCH3 is 1. The van der Waals surface area contributed by atoms with Crippen molar-refractivity contribution in [2.24, 2.45) is 0 Å². The molecule has 0 aliphatic rings. The third kappa shape index (κ3) is 4.11. The van der Waals surface area contributed by atoms with Gasteiger partial charge in [-0.1, -0.05) is 0 Å². The second-order valence-corrected chi connectivity index (χ2v) is 5.18. The van der Waals surface area contributed by atoms with Crippen LogP contribution in [0.4, 0.5) is 11.4 Å². The molecule has 0 aliphatic carbocycles. The summed E-state index contributed by atoms with van der Waals surface area (Å²) in [5, 5.41) is 0. The molecule has 0 radical (unpaired) electrons. The topological polar surface area (TPSA) is 47.7 Å². The summed E-state index contributed by atoms with van der Waals surface area (Å²) in [7, 11) is 5.69. The molecule has 4 nitrogen and oxygen atoms in total. The van der Waals surface area contributed by atoms with Gasteiger partial charge >= 0.3 is 0 Å². The van der Waals surface area contributed by atoms with E-state index >= 15 is 0 Å². The van der Waals surface area contributed by atoms with Gasteiger partial charge in [0, 0.05) is 39.4 Å². The summed E-state index contributed by atoms with van der Waals surface area (Å²) in [5.41, 5.74) is 7.46. The lowest BCUT2D eigenvalue weighted by molar-refractivity contribution is 0.00552. The first-order chi connectivity index (χ1) is 8.35. The number of ether oxygens (including phenoxy) is 2. The van der Waals surface area contributed by atoms with E-state index in [-0.39, 0.29) is 5.60 Å². The Bertz CT molecular complexity index is 389. The van der Waals surface area contributed by atoms with Crippen LogP contribution in [0.5, 0.6) is 5.75 Å². The van der Waals surface area contributed by atoms with Crippen LogP contribution in [0.25, 0.3) is 0 Å². The van der Waals surface area contributed by atoms with Crippen LogP contribution >= 0.6 is 0 Å². The summed E-state index contributed by atoms with van der Waals surface area (Å²) in [6.45, 7) is 4.66. The van der Waals surface area contributed by atoms with Gasteiger partial charge in [0.1, 0.15) is 5.75 Å². The maximum Gasteiger partial charge on any atom is 0.144 e. The van der Waals surface area contributed by atoms with E-state index in [1.165, 1.54) is 0 Å². The molecule has 0 saturated carbocycles. The Balaban J connectivity index is 2.64. The minimum absolute atomic E-state index is 0.173. The molecule has 0 saturated heterocycles. The largest absolute Gasteiger partial charge is 0.491 e. The smallest absolute Gasteiger partial charge is 0.144 e. The highest BCUT2D eigenvalue weighted by Crippen LogP contribution is 2.27. The lowest BCUT2D eigenvalue weighted by atomic mass is 10.1. The van der Waals surface area contributed by atoms with Crippen molar-refractivity contribution >= 4 is 11.4 Å². The monoisotopic (exact) mass is 252 g/mol. The zero-order valence-corrected chi connectivity index (χ0v) is 12.0. The molecule has 4 heteroatoms. The molecule has 1 rings (SSSR count). The number of anilines is 2. The highest BCUT2D eigenvalue weighted by molar-refractivity contribution is 5.61. The summed E-state index contributed by atoms with van der Waals surface area (Å²) in [6.07, 6.45) is 0.815. The van der Waals surface area contributed by atoms with Gasteiger partial charge < -0.3 is 20.1 Å². The van der Waals surface area contributed by atoms with Crippen LogP contribution in [-0.2, 0) is 4.74 Å². The number of rotatable bonds is 6. The third-order valence-electron chi connectivity index (χ3n) is 3.03. The summed E-state index contributed by atoms with van der Waals surface area (Å²) in [5.74, 6) is 0.730. The molecule has 0 bridgehead atoms. The van der Waals surface area contributed by atoms with Crippen LogP contribution in [0.15, 0.2) is 18.2 Å². The van der Waals surface area contributed by atoms with Crippen LogP contribution in [0, 0.1) is 0 Å². The number of nitrogen functional groups attached to an aromatic ring is 1. The fourth-order valence-corrected chi connectivity index (χ4v) is 1.44. The Morgan fingerprint density at radius 1 is 1.28 bits per heavy atom. The summed E-state index contributed by atoms with van der Waals surface area (Å²) >= 11 is 0. The van der Waals surface area contributed by atoms with E-state index in [2.05, 4.69) is 0 Å². The number of benzene rings is 1. The summed E-state index contributed by atoms with van der Waals surface area (Å²) < 4.78 is 11.1. The Morgan fingerprint density at radius 3 is 2.50 bits per heavy atom. The lowest BCUT2D eigenvalue weighted by Gasteiger charge is -2.23. The minimum Gasteiger partial charge on any atom is -0.491 e. The van der Waals surface area contributed by atoms with Crippen molar-refractivity contribution in [1.82, 2.24) is 0 Å². The fourth-order valence-electron chi connectivity index (χ4n) is 1.44. The zero-order chi connectivity index (χ0) is 13.8. The predicted octanol–water partition coefficient (Wildman–Crippen LogP) is 2.53. The van der Waals surface area contributed by atoms with Gasteiger partial charge in [-0.3, -0.25) is 0 Å². The molecule has 0 unspecified atom stereocenters. The van der Waals surface area contributed by atoms with Crippen molar-refractivity contribution in [3.8, 4) is 5.75 Å². The van der Waals surface area contributed by atoms with Gasteiger partial charge in [0.15, 0.2) is 0 Å². The van der Waals surface area contributed by atoms with Crippen molar-refractivity contribution in [1.29, 1.82) is 0 Å². The first-order valence-corrected chi connectivity index (χ1v) is 6.10. The normalized spacial score (nSPS) is 11.4.